The summed E-state index contributed by atoms with van der Waals surface area (Å²) in [6, 6.07) is 9.21. The molecule has 0 bridgehead atoms. The van der Waals surface area contributed by atoms with Gasteiger partial charge >= 0.3 is 0 Å². The van der Waals surface area contributed by atoms with Crippen molar-refractivity contribution in [1.82, 2.24) is 14.8 Å². The summed E-state index contributed by atoms with van der Waals surface area (Å²) < 4.78 is 2.02. The molecular formula is C16H23N5. The van der Waals surface area contributed by atoms with Gasteiger partial charge in [-0.25, -0.2) is 4.68 Å². The lowest BCUT2D eigenvalue weighted by atomic mass is 10.00. The summed E-state index contributed by atoms with van der Waals surface area (Å²) in [7, 11) is 0. The van der Waals surface area contributed by atoms with Gasteiger partial charge in [-0.15, -0.1) is 0 Å². The first-order valence-electron chi connectivity index (χ1n) is 7.80. The lowest BCUT2D eigenvalue weighted by Gasteiger charge is -2.24. The van der Waals surface area contributed by atoms with E-state index in [1.54, 1.807) is 0 Å². The van der Waals surface area contributed by atoms with Crippen LogP contribution in [-0.4, -0.2) is 27.9 Å². The van der Waals surface area contributed by atoms with Gasteiger partial charge in [-0.1, -0.05) is 37.6 Å². The number of benzene rings is 1. The Bertz CT molecular complexity index is 587. The number of aryl methyl sites for hydroxylation is 1. The van der Waals surface area contributed by atoms with Crippen molar-refractivity contribution in [2.45, 2.75) is 38.6 Å². The fourth-order valence-corrected chi connectivity index (χ4v) is 2.89. The fourth-order valence-electron chi connectivity index (χ4n) is 2.89. The van der Waals surface area contributed by atoms with Gasteiger partial charge in [0.15, 0.2) is 5.82 Å². The van der Waals surface area contributed by atoms with Gasteiger partial charge in [0.2, 0.25) is 5.95 Å². The first kappa shape index (κ1) is 14.1. The van der Waals surface area contributed by atoms with E-state index in [9.17, 15) is 0 Å². The minimum Gasteiger partial charge on any atom is -0.354 e. The molecule has 2 aromatic rings. The Kier molecular flexibility index (Phi) is 4.20. The Balaban J connectivity index is 1.86. The highest BCUT2D eigenvalue weighted by molar-refractivity contribution is 5.34. The summed E-state index contributed by atoms with van der Waals surface area (Å²) in [5.41, 5.74) is 8.31. The molecule has 3 rings (SSSR count). The predicted molar refractivity (Wildman–Crippen MR) is 84.5 cm³/mol. The third-order valence-electron chi connectivity index (χ3n) is 3.94. The van der Waals surface area contributed by atoms with Crippen LogP contribution in [-0.2, 0) is 12.8 Å². The second-order valence-corrected chi connectivity index (χ2v) is 5.56. The number of hydrogen-bond acceptors (Lipinski definition) is 4. The number of hydrogen-bond donors (Lipinski definition) is 2. The van der Waals surface area contributed by atoms with Gasteiger partial charge in [0, 0.05) is 13.0 Å². The Morgan fingerprint density at radius 2 is 2.10 bits per heavy atom. The molecule has 0 saturated carbocycles. The minimum atomic E-state index is 0.274. The zero-order valence-corrected chi connectivity index (χ0v) is 12.5. The van der Waals surface area contributed by atoms with E-state index in [0.29, 0.717) is 6.54 Å². The van der Waals surface area contributed by atoms with Crippen LogP contribution in [0.3, 0.4) is 0 Å². The Morgan fingerprint density at radius 3 is 2.81 bits per heavy atom. The van der Waals surface area contributed by atoms with Crippen LogP contribution in [0.15, 0.2) is 24.3 Å². The molecule has 0 fully saturated rings. The summed E-state index contributed by atoms with van der Waals surface area (Å²) in [5.74, 6) is 1.70. The lowest BCUT2D eigenvalue weighted by molar-refractivity contribution is 0.477. The molecule has 0 radical (unpaired) electrons. The van der Waals surface area contributed by atoms with E-state index in [1.165, 1.54) is 17.5 Å². The number of nitrogens with two attached hydrogens (primary N) is 1. The van der Waals surface area contributed by atoms with Crippen LogP contribution in [0.25, 0.3) is 0 Å². The van der Waals surface area contributed by atoms with Crippen LogP contribution in [0, 0.1) is 0 Å². The normalized spacial score (nSPS) is 17.3. The molecule has 2 heterocycles. The molecule has 0 spiro atoms. The SMILES string of the molecule is CCCc1ccc(C2CCNc3nc(CCN)nn32)cc1. The first-order chi connectivity index (χ1) is 10.3. The molecule has 0 amide bonds. The van der Waals surface area contributed by atoms with Crippen LogP contribution in [0.2, 0.25) is 0 Å². The molecule has 1 aromatic carbocycles. The highest BCUT2D eigenvalue weighted by atomic mass is 15.4. The van der Waals surface area contributed by atoms with Crippen molar-refractivity contribution in [3.8, 4) is 0 Å². The van der Waals surface area contributed by atoms with Crippen molar-refractivity contribution < 1.29 is 0 Å². The van der Waals surface area contributed by atoms with Crippen molar-refractivity contribution in [3.05, 3.63) is 41.2 Å². The third kappa shape index (κ3) is 2.93. The van der Waals surface area contributed by atoms with E-state index in [0.717, 1.165) is 37.6 Å². The molecule has 21 heavy (non-hydrogen) atoms. The molecule has 1 aliphatic rings. The molecule has 0 saturated heterocycles. The first-order valence-corrected chi connectivity index (χ1v) is 7.80. The van der Waals surface area contributed by atoms with Crippen LogP contribution < -0.4 is 11.1 Å². The van der Waals surface area contributed by atoms with Crippen molar-refractivity contribution in [2.75, 3.05) is 18.4 Å². The molecule has 0 aliphatic carbocycles. The zero-order valence-electron chi connectivity index (χ0n) is 12.5. The summed E-state index contributed by atoms with van der Waals surface area (Å²) in [4.78, 5) is 4.52. The maximum absolute atomic E-state index is 5.60. The van der Waals surface area contributed by atoms with E-state index >= 15 is 0 Å². The maximum atomic E-state index is 5.60. The number of nitrogens with one attached hydrogen (secondary N) is 1. The van der Waals surface area contributed by atoms with Crippen molar-refractivity contribution in [1.29, 1.82) is 0 Å². The number of nitrogens with zero attached hydrogens (tertiary/aromatic N) is 3. The fraction of sp³-hybridized carbons (Fsp3) is 0.500. The van der Waals surface area contributed by atoms with Gasteiger partial charge in [0.05, 0.1) is 6.04 Å². The van der Waals surface area contributed by atoms with Crippen molar-refractivity contribution in [2.24, 2.45) is 5.73 Å². The second-order valence-electron chi connectivity index (χ2n) is 5.56. The van der Waals surface area contributed by atoms with Crippen LogP contribution in [0.1, 0.15) is 42.8 Å². The number of anilines is 1. The highest BCUT2D eigenvalue weighted by Crippen LogP contribution is 2.28. The van der Waals surface area contributed by atoms with Gasteiger partial charge in [0.1, 0.15) is 0 Å². The Hall–Kier alpha value is -1.88. The van der Waals surface area contributed by atoms with E-state index < -0.39 is 0 Å². The topological polar surface area (TPSA) is 68.8 Å². The number of rotatable bonds is 5. The maximum Gasteiger partial charge on any atom is 0.221 e. The largest absolute Gasteiger partial charge is 0.354 e. The summed E-state index contributed by atoms with van der Waals surface area (Å²) in [6.07, 6.45) is 4.08. The van der Waals surface area contributed by atoms with Gasteiger partial charge in [-0.05, 0) is 30.5 Å². The molecule has 5 nitrogen and oxygen atoms in total. The van der Waals surface area contributed by atoms with E-state index in [-0.39, 0.29) is 6.04 Å². The van der Waals surface area contributed by atoms with Crippen LogP contribution in [0.5, 0.6) is 0 Å². The number of aromatic nitrogens is 3. The molecule has 1 aliphatic heterocycles. The quantitative estimate of drug-likeness (QED) is 0.883. The second kappa shape index (κ2) is 6.26. The number of fused-ring (bicyclic) bond motifs is 1. The third-order valence-corrected chi connectivity index (χ3v) is 3.94. The highest BCUT2D eigenvalue weighted by Gasteiger charge is 2.24. The lowest BCUT2D eigenvalue weighted by Crippen LogP contribution is -2.24. The smallest absolute Gasteiger partial charge is 0.221 e. The van der Waals surface area contributed by atoms with E-state index in [1.807, 2.05) is 4.68 Å². The standard InChI is InChI=1S/C16H23N5/c1-2-3-12-4-6-13(7-5-12)14-9-11-18-16-19-15(8-10-17)20-21(14)16/h4-7,14H,2-3,8-11,17H2,1H3,(H,18,19,20). The van der Waals surface area contributed by atoms with Crippen LogP contribution >= 0.6 is 0 Å². The van der Waals surface area contributed by atoms with Gasteiger partial charge in [0.25, 0.3) is 0 Å². The molecule has 1 atom stereocenters. The van der Waals surface area contributed by atoms with Crippen molar-refractivity contribution in [3.63, 3.8) is 0 Å². The van der Waals surface area contributed by atoms with Crippen molar-refractivity contribution >= 4 is 5.95 Å². The summed E-state index contributed by atoms with van der Waals surface area (Å²) in [6.45, 7) is 3.73. The summed E-state index contributed by atoms with van der Waals surface area (Å²) in [5, 5.41) is 7.94. The zero-order chi connectivity index (χ0) is 14.7. The molecule has 5 heteroatoms. The van der Waals surface area contributed by atoms with Gasteiger partial charge in [-0.3, -0.25) is 0 Å². The van der Waals surface area contributed by atoms with E-state index in [4.69, 9.17) is 5.73 Å². The molecule has 112 valence electrons. The average molecular weight is 285 g/mol. The molecule has 1 aromatic heterocycles. The Morgan fingerprint density at radius 1 is 1.29 bits per heavy atom. The van der Waals surface area contributed by atoms with E-state index in [2.05, 4.69) is 46.6 Å². The van der Waals surface area contributed by atoms with Gasteiger partial charge in [-0.2, -0.15) is 10.1 Å². The molecule has 3 N–H and O–H groups in total. The minimum absolute atomic E-state index is 0.274. The Labute approximate surface area is 125 Å². The van der Waals surface area contributed by atoms with Crippen LogP contribution in [0.4, 0.5) is 5.95 Å². The molecule has 1 unspecified atom stereocenters. The monoisotopic (exact) mass is 285 g/mol. The van der Waals surface area contributed by atoms with Gasteiger partial charge < -0.3 is 11.1 Å². The summed E-state index contributed by atoms with van der Waals surface area (Å²) >= 11 is 0. The average Bonchev–Trinajstić information content (AvgIpc) is 2.91. The molecular weight excluding hydrogens is 262 g/mol. The predicted octanol–water partition coefficient (Wildman–Crippen LogP) is 2.14.